The standard InChI is InChI=1S/C7H7N.C5H6N2.I2/c1-8-7-5-3-2-4-6-7;1-6-7-4-2-3-5-7;1-2/h2-6H,1H2;2-5H,1H2;. The number of nitrogens with zero attached hydrogens (tertiary/aromatic N) is 3. The van der Waals surface area contributed by atoms with Gasteiger partial charge in [0.25, 0.3) is 0 Å². The van der Waals surface area contributed by atoms with Crippen LogP contribution in [0.5, 0.6) is 0 Å². The lowest BCUT2D eigenvalue weighted by atomic mass is 10.3. The van der Waals surface area contributed by atoms with Crippen LogP contribution in [0.1, 0.15) is 0 Å². The van der Waals surface area contributed by atoms with Gasteiger partial charge in [0.1, 0.15) is 0 Å². The van der Waals surface area contributed by atoms with E-state index in [1.807, 2.05) is 54.9 Å². The van der Waals surface area contributed by atoms with Crippen LogP contribution in [0.15, 0.2) is 65.0 Å². The highest BCUT2D eigenvalue weighted by molar-refractivity contribution is 15.0. The second kappa shape index (κ2) is 11.8. The largest absolute Gasteiger partial charge is 0.265 e. The highest BCUT2D eigenvalue weighted by Gasteiger charge is 1.77. The van der Waals surface area contributed by atoms with Gasteiger partial charge in [0.15, 0.2) is 0 Å². The third kappa shape index (κ3) is 8.08. The van der Waals surface area contributed by atoms with E-state index in [0.717, 1.165) is 5.69 Å². The van der Waals surface area contributed by atoms with Gasteiger partial charge in [-0.05, 0) is 31.0 Å². The van der Waals surface area contributed by atoms with E-state index >= 15 is 0 Å². The zero-order valence-corrected chi connectivity index (χ0v) is 13.5. The maximum atomic E-state index is 3.72. The van der Waals surface area contributed by atoms with Gasteiger partial charge >= 0.3 is 0 Å². The first kappa shape index (κ1) is 16.3. The third-order valence-corrected chi connectivity index (χ3v) is 1.69. The van der Waals surface area contributed by atoms with Gasteiger partial charge in [0.05, 0.1) is 5.69 Å². The van der Waals surface area contributed by atoms with E-state index in [-0.39, 0.29) is 0 Å². The quantitative estimate of drug-likeness (QED) is 0.465. The smallest absolute Gasteiger partial charge is 0.0622 e. The molecule has 17 heavy (non-hydrogen) atoms. The van der Waals surface area contributed by atoms with E-state index in [4.69, 9.17) is 0 Å². The van der Waals surface area contributed by atoms with Crippen LogP contribution in [-0.2, 0) is 0 Å². The maximum Gasteiger partial charge on any atom is 0.0622 e. The molecule has 0 aliphatic heterocycles. The van der Waals surface area contributed by atoms with Gasteiger partial charge in [-0.2, -0.15) is 5.10 Å². The van der Waals surface area contributed by atoms with Gasteiger partial charge in [-0.3, -0.25) is 4.99 Å². The average Bonchev–Trinajstić information content (AvgIpc) is 2.96. The molecule has 1 heterocycles. The zero-order chi connectivity index (χ0) is 12.9. The molecule has 2 rings (SSSR count). The molecule has 5 heteroatoms. The van der Waals surface area contributed by atoms with Crippen molar-refractivity contribution < 1.29 is 0 Å². The Labute approximate surface area is 125 Å². The summed E-state index contributed by atoms with van der Waals surface area (Å²) in [5.41, 5.74) is 0.924. The molecule has 0 amide bonds. The third-order valence-electron chi connectivity index (χ3n) is 1.69. The molecule has 0 unspecified atom stereocenters. The van der Waals surface area contributed by atoms with Crippen molar-refractivity contribution in [1.82, 2.24) is 4.68 Å². The Morgan fingerprint density at radius 1 is 0.882 bits per heavy atom. The minimum Gasteiger partial charge on any atom is -0.265 e. The van der Waals surface area contributed by atoms with Gasteiger partial charge in [-0.25, -0.2) is 4.68 Å². The molecule has 0 aliphatic carbocycles. The zero-order valence-electron chi connectivity index (χ0n) is 9.21. The van der Waals surface area contributed by atoms with E-state index in [2.05, 4.69) is 60.8 Å². The first-order valence-electron chi connectivity index (χ1n) is 4.63. The van der Waals surface area contributed by atoms with Gasteiger partial charge in [0, 0.05) is 56.3 Å². The highest BCUT2D eigenvalue weighted by Crippen LogP contribution is 2.06. The molecule has 90 valence electrons. The molecule has 0 bridgehead atoms. The fourth-order valence-electron chi connectivity index (χ4n) is 0.953. The molecule has 3 nitrogen and oxygen atoms in total. The van der Waals surface area contributed by atoms with Crippen molar-refractivity contribution in [3.8, 4) is 0 Å². The summed E-state index contributed by atoms with van der Waals surface area (Å²) in [5, 5.41) is 3.60. The number of benzene rings is 1. The van der Waals surface area contributed by atoms with Crippen LogP contribution in [0.2, 0.25) is 0 Å². The van der Waals surface area contributed by atoms with E-state index in [1.54, 1.807) is 4.68 Å². The van der Waals surface area contributed by atoms with Gasteiger partial charge in [-0.15, -0.1) is 0 Å². The van der Waals surface area contributed by atoms with Gasteiger partial charge in [-0.1, -0.05) is 18.2 Å². The summed E-state index contributed by atoms with van der Waals surface area (Å²) in [5.74, 6) is 0. The molecular formula is C12H13I2N3. The first-order valence-corrected chi connectivity index (χ1v) is 10.9. The highest BCUT2D eigenvalue weighted by atomic mass is 128. The summed E-state index contributed by atoms with van der Waals surface area (Å²) in [4.78, 5) is 3.72. The van der Waals surface area contributed by atoms with Crippen LogP contribution < -0.4 is 0 Å². The maximum absolute atomic E-state index is 3.72. The van der Waals surface area contributed by atoms with Crippen LogP contribution in [0.4, 0.5) is 5.69 Å². The molecule has 0 atom stereocenters. The predicted molar refractivity (Wildman–Crippen MR) is 93.1 cm³/mol. The molecule has 2 aromatic rings. The summed E-state index contributed by atoms with van der Waals surface area (Å²) in [6.07, 6.45) is 3.65. The second-order valence-corrected chi connectivity index (χ2v) is 2.70. The topological polar surface area (TPSA) is 29.6 Å². The Morgan fingerprint density at radius 3 is 1.71 bits per heavy atom. The lowest BCUT2D eigenvalue weighted by Gasteiger charge is -1.84. The van der Waals surface area contributed by atoms with Crippen molar-refractivity contribution in [2.45, 2.75) is 0 Å². The number of aliphatic imine (C=N–C) groups is 1. The predicted octanol–water partition coefficient (Wildman–Crippen LogP) is 4.74. The minimum absolute atomic E-state index is 0.924. The fourth-order valence-corrected chi connectivity index (χ4v) is 0.953. The van der Waals surface area contributed by atoms with E-state index in [9.17, 15) is 0 Å². The van der Waals surface area contributed by atoms with Crippen molar-refractivity contribution >= 4 is 56.4 Å². The summed E-state index contributed by atoms with van der Waals surface area (Å²) < 4.78 is 1.64. The van der Waals surface area contributed by atoms with Crippen LogP contribution in [0.3, 0.4) is 0 Å². The number of hydrogen-bond acceptors (Lipinski definition) is 2. The number of halogens is 2. The Hall–Kier alpha value is -0.700. The summed E-state index contributed by atoms with van der Waals surface area (Å²) >= 11 is 4.24. The summed E-state index contributed by atoms with van der Waals surface area (Å²) in [6, 6.07) is 13.4. The minimum atomic E-state index is 0.924. The Kier molecular flexibility index (Phi) is 11.3. The SMILES string of the molecule is C=Nc1ccccc1.C=Nn1cccc1.II. The number of rotatable bonds is 2. The fraction of sp³-hybridized carbons (Fsp3) is 0. The molecule has 0 aliphatic rings. The molecule has 0 spiro atoms. The van der Waals surface area contributed by atoms with Crippen LogP contribution in [0, 0.1) is 0 Å². The molecule has 1 aromatic carbocycles. The molecule has 0 saturated heterocycles. The Bertz CT molecular complexity index is 399. The average molecular weight is 453 g/mol. The normalized spacial score (nSPS) is 7.88. The Morgan fingerprint density at radius 2 is 1.41 bits per heavy atom. The van der Waals surface area contributed by atoms with Crippen LogP contribution in [-0.4, -0.2) is 18.1 Å². The van der Waals surface area contributed by atoms with Crippen molar-refractivity contribution in [1.29, 1.82) is 0 Å². The van der Waals surface area contributed by atoms with Gasteiger partial charge < -0.3 is 0 Å². The Balaban J connectivity index is 0.000000265. The van der Waals surface area contributed by atoms with Crippen molar-refractivity contribution in [2.75, 3.05) is 0 Å². The monoisotopic (exact) mass is 453 g/mol. The van der Waals surface area contributed by atoms with Crippen molar-refractivity contribution in [3.05, 3.63) is 54.9 Å². The first-order chi connectivity index (χ1) is 8.36. The van der Waals surface area contributed by atoms with Crippen LogP contribution in [0.25, 0.3) is 0 Å². The molecule has 0 N–H and O–H groups in total. The lowest BCUT2D eigenvalue weighted by Crippen LogP contribution is -1.75. The number of para-hydroxylation sites is 1. The van der Waals surface area contributed by atoms with E-state index in [1.165, 1.54) is 0 Å². The van der Waals surface area contributed by atoms with Crippen LogP contribution >= 0.6 is 37.2 Å². The molecule has 0 radical (unpaired) electrons. The van der Waals surface area contributed by atoms with Crippen molar-refractivity contribution in [2.24, 2.45) is 10.1 Å². The second-order valence-electron chi connectivity index (χ2n) is 2.70. The lowest BCUT2D eigenvalue weighted by molar-refractivity contribution is 0.899. The number of aromatic nitrogens is 1. The summed E-state index contributed by atoms with van der Waals surface area (Å²) in [6.45, 7) is 6.70. The molecular weight excluding hydrogens is 440 g/mol. The number of hydrogen-bond donors (Lipinski definition) is 0. The molecule has 0 fully saturated rings. The summed E-state index contributed by atoms with van der Waals surface area (Å²) in [7, 11) is 0. The van der Waals surface area contributed by atoms with Crippen molar-refractivity contribution in [3.63, 3.8) is 0 Å². The molecule has 1 aromatic heterocycles. The van der Waals surface area contributed by atoms with E-state index < -0.39 is 0 Å². The van der Waals surface area contributed by atoms with E-state index in [0.29, 0.717) is 0 Å². The van der Waals surface area contributed by atoms with Gasteiger partial charge in [0.2, 0.25) is 0 Å². The molecule has 0 saturated carbocycles.